The minimum Gasteiger partial charge on any atom is -0.481 e. The molecule has 35 heavy (non-hydrogen) atoms. The van der Waals surface area contributed by atoms with Crippen LogP contribution >= 0.6 is 11.6 Å². The molecule has 0 bridgehead atoms. The molecule has 8 nitrogen and oxygen atoms in total. The van der Waals surface area contributed by atoms with E-state index in [9.17, 15) is 9.59 Å². The van der Waals surface area contributed by atoms with E-state index in [1.807, 2.05) is 48.5 Å². The summed E-state index contributed by atoms with van der Waals surface area (Å²) in [5.74, 6) is -0.468. The van der Waals surface area contributed by atoms with Crippen molar-refractivity contribution in [2.75, 3.05) is 5.32 Å². The minimum atomic E-state index is -0.863. The fraction of sp³-hybridized carbons (Fsp3) is 0.154. The van der Waals surface area contributed by atoms with Crippen LogP contribution in [0.25, 0.3) is 22.4 Å². The van der Waals surface area contributed by atoms with Crippen LogP contribution in [0.15, 0.2) is 72.8 Å². The van der Waals surface area contributed by atoms with Crippen LogP contribution < -0.4 is 5.32 Å². The normalized spacial score (nSPS) is 11.6. The predicted octanol–water partition coefficient (Wildman–Crippen LogP) is 5.74. The molecule has 0 saturated heterocycles. The standard InChI is InChI=1S/C26H23ClN4O4/c1-16(21-5-3-4-6-22(21)27)35-26(34)28-25-24(29-30-31(25)2)20-13-11-19(12-14-20)18-9-7-17(8-10-18)15-23(32)33/h3-14,16H,15H2,1-2H3,(H,28,34)(H,32,33). The number of halogens is 1. The second-order valence-corrected chi connectivity index (χ2v) is 8.36. The van der Waals surface area contributed by atoms with Crippen molar-refractivity contribution in [1.82, 2.24) is 15.0 Å². The van der Waals surface area contributed by atoms with Crippen LogP contribution in [0.1, 0.15) is 24.2 Å². The average molecular weight is 491 g/mol. The van der Waals surface area contributed by atoms with Gasteiger partial charge >= 0.3 is 12.1 Å². The summed E-state index contributed by atoms with van der Waals surface area (Å²) in [6.45, 7) is 1.75. The molecule has 2 N–H and O–H groups in total. The lowest BCUT2D eigenvalue weighted by Crippen LogP contribution is -2.18. The van der Waals surface area contributed by atoms with Gasteiger partial charge in [-0.05, 0) is 29.7 Å². The molecule has 4 rings (SSSR count). The van der Waals surface area contributed by atoms with Crippen LogP contribution in [0.4, 0.5) is 10.6 Å². The van der Waals surface area contributed by atoms with Crippen molar-refractivity contribution >= 4 is 29.5 Å². The molecule has 1 aromatic heterocycles. The van der Waals surface area contributed by atoms with E-state index in [1.165, 1.54) is 4.68 Å². The smallest absolute Gasteiger partial charge is 0.413 e. The maximum absolute atomic E-state index is 12.6. The van der Waals surface area contributed by atoms with E-state index < -0.39 is 18.2 Å². The zero-order valence-electron chi connectivity index (χ0n) is 19.1. The van der Waals surface area contributed by atoms with Crippen molar-refractivity contribution in [2.24, 2.45) is 7.05 Å². The highest BCUT2D eigenvalue weighted by atomic mass is 35.5. The van der Waals surface area contributed by atoms with Gasteiger partial charge in [-0.15, -0.1) is 5.10 Å². The molecular weight excluding hydrogens is 468 g/mol. The van der Waals surface area contributed by atoms with Crippen LogP contribution in [0.2, 0.25) is 5.02 Å². The van der Waals surface area contributed by atoms with Gasteiger partial charge in [-0.2, -0.15) is 0 Å². The number of ether oxygens (including phenoxy) is 1. The largest absolute Gasteiger partial charge is 0.481 e. The lowest BCUT2D eigenvalue weighted by molar-refractivity contribution is -0.136. The number of benzene rings is 3. The Morgan fingerprint density at radius 1 is 1.00 bits per heavy atom. The second-order valence-electron chi connectivity index (χ2n) is 7.95. The summed E-state index contributed by atoms with van der Waals surface area (Å²) in [6.07, 6.45) is -1.21. The second kappa shape index (κ2) is 10.4. The number of carbonyl (C=O) groups excluding carboxylic acids is 1. The minimum absolute atomic E-state index is 0.0126. The molecule has 0 radical (unpaired) electrons. The van der Waals surface area contributed by atoms with Gasteiger partial charge in [0.05, 0.1) is 6.42 Å². The molecule has 1 unspecified atom stereocenters. The molecule has 0 spiro atoms. The average Bonchev–Trinajstić information content (AvgIpc) is 3.19. The molecule has 4 aromatic rings. The number of rotatable bonds is 7. The third-order valence-corrected chi connectivity index (χ3v) is 5.82. The molecule has 0 fully saturated rings. The van der Waals surface area contributed by atoms with Crippen LogP contribution in [0, 0.1) is 0 Å². The number of aryl methyl sites for hydroxylation is 1. The first-order valence-electron chi connectivity index (χ1n) is 10.8. The Hall–Kier alpha value is -4.17. The first-order chi connectivity index (χ1) is 16.8. The molecule has 0 saturated carbocycles. The number of aromatic nitrogens is 3. The Morgan fingerprint density at radius 2 is 1.60 bits per heavy atom. The number of anilines is 1. The molecule has 1 atom stereocenters. The van der Waals surface area contributed by atoms with Gasteiger partial charge in [0.15, 0.2) is 5.82 Å². The van der Waals surface area contributed by atoms with E-state index in [1.54, 1.807) is 38.2 Å². The van der Waals surface area contributed by atoms with E-state index in [4.69, 9.17) is 21.4 Å². The lowest BCUT2D eigenvalue weighted by Gasteiger charge is -2.15. The van der Waals surface area contributed by atoms with Gasteiger partial charge in [0.1, 0.15) is 11.8 Å². The van der Waals surface area contributed by atoms with Crippen molar-refractivity contribution in [1.29, 1.82) is 0 Å². The van der Waals surface area contributed by atoms with E-state index in [0.717, 1.165) is 22.3 Å². The van der Waals surface area contributed by atoms with E-state index >= 15 is 0 Å². The summed E-state index contributed by atoms with van der Waals surface area (Å²) in [5, 5.41) is 20.4. The van der Waals surface area contributed by atoms with Gasteiger partial charge in [-0.3, -0.25) is 10.1 Å². The van der Waals surface area contributed by atoms with E-state index in [0.29, 0.717) is 22.1 Å². The maximum atomic E-state index is 12.6. The molecule has 0 aliphatic heterocycles. The number of nitrogens with zero attached hydrogens (tertiary/aromatic N) is 3. The fourth-order valence-corrected chi connectivity index (χ4v) is 3.95. The summed E-state index contributed by atoms with van der Waals surface area (Å²) in [4.78, 5) is 23.5. The number of hydrogen-bond donors (Lipinski definition) is 2. The van der Waals surface area contributed by atoms with Crippen molar-refractivity contribution in [3.8, 4) is 22.4 Å². The molecule has 3 aromatic carbocycles. The highest BCUT2D eigenvalue weighted by Gasteiger charge is 2.19. The number of amides is 1. The van der Waals surface area contributed by atoms with Gasteiger partial charge in [0.2, 0.25) is 0 Å². The molecular formula is C26H23ClN4O4. The lowest BCUT2D eigenvalue weighted by atomic mass is 10.0. The van der Waals surface area contributed by atoms with Gasteiger partial charge in [0.25, 0.3) is 0 Å². The Kier molecular flexibility index (Phi) is 7.12. The highest BCUT2D eigenvalue weighted by molar-refractivity contribution is 6.31. The van der Waals surface area contributed by atoms with Crippen LogP contribution in [-0.2, 0) is 23.0 Å². The quantitative estimate of drug-likeness (QED) is 0.342. The number of carboxylic acids is 1. The van der Waals surface area contributed by atoms with Crippen molar-refractivity contribution in [3.05, 3.63) is 88.9 Å². The maximum Gasteiger partial charge on any atom is 0.413 e. The number of aliphatic carboxylic acids is 1. The van der Waals surface area contributed by atoms with Crippen molar-refractivity contribution < 1.29 is 19.4 Å². The molecule has 0 aliphatic carbocycles. The Bertz CT molecular complexity index is 1350. The van der Waals surface area contributed by atoms with Crippen molar-refractivity contribution in [3.63, 3.8) is 0 Å². The van der Waals surface area contributed by atoms with Gasteiger partial charge in [-0.25, -0.2) is 9.48 Å². The van der Waals surface area contributed by atoms with Crippen LogP contribution in [-0.4, -0.2) is 32.2 Å². The van der Waals surface area contributed by atoms with Crippen molar-refractivity contribution in [2.45, 2.75) is 19.4 Å². The predicted molar refractivity (Wildman–Crippen MR) is 133 cm³/mol. The zero-order valence-corrected chi connectivity index (χ0v) is 19.9. The number of carbonyl (C=O) groups is 2. The van der Waals surface area contributed by atoms with Gasteiger partial charge < -0.3 is 9.84 Å². The monoisotopic (exact) mass is 490 g/mol. The van der Waals surface area contributed by atoms with Gasteiger partial charge in [0, 0.05) is 23.2 Å². The molecule has 1 heterocycles. The summed E-state index contributed by atoms with van der Waals surface area (Å²) in [7, 11) is 1.68. The Balaban J connectivity index is 1.48. The molecule has 1 amide bonds. The van der Waals surface area contributed by atoms with E-state index in [2.05, 4.69) is 15.6 Å². The molecule has 9 heteroatoms. The highest BCUT2D eigenvalue weighted by Crippen LogP contribution is 2.29. The Morgan fingerprint density at radius 3 is 2.23 bits per heavy atom. The van der Waals surface area contributed by atoms with E-state index in [-0.39, 0.29) is 6.42 Å². The number of nitrogens with one attached hydrogen (secondary N) is 1. The molecule has 178 valence electrons. The number of hydrogen-bond acceptors (Lipinski definition) is 5. The third-order valence-electron chi connectivity index (χ3n) is 5.48. The summed E-state index contributed by atoms with van der Waals surface area (Å²) in [5.41, 5.74) is 4.63. The summed E-state index contributed by atoms with van der Waals surface area (Å²) < 4.78 is 6.97. The first kappa shape index (κ1) is 24.0. The van der Waals surface area contributed by atoms with Gasteiger partial charge in [-0.1, -0.05) is 83.5 Å². The molecule has 0 aliphatic rings. The van der Waals surface area contributed by atoms with Crippen LogP contribution in [0.5, 0.6) is 0 Å². The topological polar surface area (TPSA) is 106 Å². The summed E-state index contributed by atoms with van der Waals surface area (Å²) in [6, 6.07) is 22.2. The SMILES string of the molecule is CC(OC(=O)Nc1c(-c2ccc(-c3ccc(CC(=O)O)cc3)cc2)nnn1C)c1ccccc1Cl. The first-order valence-corrected chi connectivity index (χ1v) is 11.2. The number of carboxylic acid groups (broad SMARTS) is 1. The fourth-order valence-electron chi connectivity index (χ4n) is 3.66. The third kappa shape index (κ3) is 5.67. The summed E-state index contributed by atoms with van der Waals surface area (Å²) >= 11 is 6.20. The zero-order chi connectivity index (χ0) is 24.9. The Labute approximate surface area is 207 Å². The van der Waals surface area contributed by atoms with Crippen LogP contribution in [0.3, 0.4) is 0 Å².